The summed E-state index contributed by atoms with van der Waals surface area (Å²) in [5.74, 6) is -0.0218. The molecule has 1 atom stereocenters. The van der Waals surface area contributed by atoms with Gasteiger partial charge in [-0.15, -0.1) is 0 Å². The summed E-state index contributed by atoms with van der Waals surface area (Å²) in [4.78, 5) is 17.3. The van der Waals surface area contributed by atoms with Crippen LogP contribution in [0.3, 0.4) is 0 Å². The number of carbonyl (C=O) groups is 1. The van der Waals surface area contributed by atoms with Crippen LogP contribution in [0, 0.1) is 16.7 Å². The van der Waals surface area contributed by atoms with E-state index in [1.54, 1.807) is 19.1 Å². The summed E-state index contributed by atoms with van der Waals surface area (Å²) in [6, 6.07) is 13.7. The lowest BCUT2D eigenvalue weighted by Crippen LogP contribution is -2.30. The topological polar surface area (TPSA) is 63.0 Å². The Morgan fingerprint density at radius 2 is 1.50 bits per heavy atom. The van der Waals surface area contributed by atoms with E-state index < -0.39 is 11.4 Å². The quantitative estimate of drug-likeness (QED) is 0.143. The minimum atomic E-state index is -1.11. The van der Waals surface area contributed by atoms with Crippen molar-refractivity contribution in [3.05, 3.63) is 48.2 Å². The molecule has 0 radical (unpaired) electrons. The van der Waals surface area contributed by atoms with E-state index in [4.69, 9.17) is 4.74 Å². The van der Waals surface area contributed by atoms with Gasteiger partial charge < -0.3 is 4.74 Å². The van der Waals surface area contributed by atoms with E-state index >= 15 is 0 Å². The van der Waals surface area contributed by atoms with Crippen LogP contribution in [0.15, 0.2) is 42.6 Å². The first kappa shape index (κ1) is 27.6. The van der Waals surface area contributed by atoms with Gasteiger partial charge in [-0.05, 0) is 62.1 Å². The highest BCUT2D eigenvalue weighted by molar-refractivity contribution is 5.81. The van der Waals surface area contributed by atoms with Crippen LogP contribution in [-0.2, 0) is 11.2 Å². The molecular formula is C30H42N2O2. The Morgan fingerprint density at radius 3 is 2.09 bits per heavy atom. The highest BCUT2D eigenvalue weighted by Gasteiger charge is 2.35. The molecule has 0 saturated heterocycles. The smallest absolute Gasteiger partial charge is 0.331 e. The number of esters is 1. The van der Waals surface area contributed by atoms with Crippen molar-refractivity contribution in [1.82, 2.24) is 4.98 Å². The highest BCUT2D eigenvalue weighted by Crippen LogP contribution is 2.28. The van der Waals surface area contributed by atoms with Crippen LogP contribution < -0.4 is 4.74 Å². The van der Waals surface area contributed by atoms with Gasteiger partial charge in [-0.3, -0.25) is 4.98 Å². The van der Waals surface area contributed by atoms with E-state index in [9.17, 15) is 10.1 Å². The molecule has 0 aliphatic rings. The number of rotatable bonds is 16. The highest BCUT2D eigenvalue weighted by atomic mass is 16.5. The van der Waals surface area contributed by atoms with Gasteiger partial charge in [0.25, 0.3) is 0 Å². The normalized spacial score (nSPS) is 12.6. The molecule has 4 heteroatoms. The molecule has 1 unspecified atom stereocenters. The number of benzene rings is 1. The number of aromatic nitrogens is 1. The van der Waals surface area contributed by atoms with Crippen LogP contribution in [-0.4, -0.2) is 11.0 Å². The Balaban J connectivity index is 1.84. The largest absolute Gasteiger partial charge is 0.425 e. The fourth-order valence-electron chi connectivity index (χ4n) is 4.05. The number of hydrogen-bond acceptors (Lipinski definition) is 4. The molecule has 0 bridgehead atoms. The van der Waals surface area contributed by atoms with E-state index in [-0.39, 0.29) is 0 Å². The molecule has 0 N–H and O–H groups in total. The predicted octanol–water partition coefficient (Wildman–Crippen LogP) is 8.45. The zero-order valence-electron chi connectivity index (χ0n) is 21.4. The summed E-state index contributed by atoms with van der Waals surface area (Å²) in [6.07, 6.45) is 16.9. The lowest BCUT2D eigenvalue weighted by atomic mass is 9.86. The van der Waals surface area contributed by atoms with E-state index in [2.05, 4.69) is 37.0 Å². The maximum Gasteiger partial charge on any atom is 0.331 e. The third-order valence-electron chi connectivity index (χ3n) is 6.48. The van der Waals surface area contributed by atoms with Gasteiger partial charge in [-0.25, -0.2) is 4.79 Å². The lowest BCUT2D eigenvalue weighted by molar-refractivity contribution is -0.142. The van der Waals surface area contributed by atoms with Crippen molar-refractivity contribution in [2.75, 3.05) is 0 Å². The Kier molecular flexibility index (Phi) is 12.4. The lowest BCUT2D eigenvalue weighted by Gasteiger charge is -2.19. The van der Waals surface area contributed by atoms with Crippen LogP contribution >= 0.6 is 0 Å². The van der Waals surface area contributed by atoms with Gasteiger partial charge in [-0.2, -0.15) is 5.26 Å². The number of aryl methyl sites for hydroxylation is 1. The molecule has 1 aromatic carbocycles. The van der Waals surface area contributed by atoms with Crippen molar-refractivity contribution in [1.29, 1.82) is 5.26 Å². The first-order valence-electron chi connectivity index (χ1n) is 13.2. The summed E-state index contributed by atoms with van der Waals surface area (Å²) in [7, 11) is 0. The Morgan fingerprint density at radius 1 is 0.882 bits per heavy atom. The molecule has 0 spiro atoms. The van der Waals surface area contributed by atoms with Gasteiger partial charge in [0.1, 0.15) is 5.75 Å². The molecule has 184 valence electrons. The average molecular weight is 463 g/mol. The van der Waals surface area contributed by atoms with E-state index in [0.717, 1.165) is 43.4 Å². The SMILES string of the molecule is CCCCCCCCCc1ccc(-c2ccc(OC(=O)C(C)(C#N)CCCCCC)cc2)nc1. The van der Waals surface area contributed by atoms with Crippen molar-refractivity contribution in [3.8, 4) is 23.1 Å². The van der Waals surface area contributed by atoms with Crippen molar-refractivity contribution in [2.24, 2.45) is 5.41 Å². The minimum Gasteiger partial charge on any atom is -0.425 e. The molecule has 2 aromatic rings. The van der Waals surface area contributed by atoms with Gasteiger partial charge in [0.2, 0.25) is 0 Å². The second-order valence-corrected chi connectivity index (χ2v) is 9.59. The maximum atomic E-state index is 12.6. The molecule has 4 nitrogen and oxygen atoms in total. The van der Waals surface area contributed by atoms with Crippen LogP contribution in [0.25, 0.3) is 11.3 Å². The van der Waals surface area contributed by atoms with Gasteiger partial charge in [-0.1, -0.05) is 84.1 Å². The van der Waals surface area contributed by atoms with Crippen LogP contribution in [0.2, 0.25) is 0 Å². The van der Waals surface area contributed by atoms with Gasteiger partial charge in [0.15, 0.2) is 5.41 Å². The van der Waals surface area contributed by atoms with Crippen molar-refractivity contribution >= 4 is 5.97 Å². The second kappa shape index (κ2) is 15.3. The fourth-order valence-corrected chi connectivity index (χ4v) is 4.05. The number of unbranched alkanes of at least 4 members (excludes halogenated alkanes) is 9. The molecule has 1 heterocycles. The Labute approximate surface area is 206 Å². The molecule has 0 aliphatic carbocycles. The third kappa shape index (κ3) is 9.29. The molecule has 0 amide bonds. The van der Waals surface area contributed by atoms with Crippen LogP contribution in [0.4, 0.5) is 0 Å². The molecule has 0 saturated carbocycles. The molecule has 2 rings (SSSR count). The summed E-state index contributed by atoms with van der Waals surface area (Å²) < 4.78 is 5.54. The predicted molar refractivity (Wildman–Crippen MR) is 139 cm³/mol. The first-order chi connectivity index (χ1) is 16.5. The van der Waals surface area contributed by atoms with Crippen molar-refractivity contribution < 1.29 is 9.53 Å². The summed E-state index contributed by atoms with van der Waals surface area (Å²) in [6.45, 7) is 6.07. The average Bonchev–Trinajstić information content (AvgIpc) is 2.87. The summed E-state index contributed by atoms with van der Waals surface area (Å²) in [5.41, 5.74) is 2.04. The Hall–Kier alpha value is -2.67. The van der Waals surface area contributed by atoms with E-state index in [0.29, 0.717) is 12.2 Å². The number of ether oxygens (including phenoxy) is 1. The van der Waals surface area contributed by atoms with E-state index in [1.807, 2.05) is 18.3 Å². The summed E-state index contributed by atoms with van der Waals surface area (Å²) >= 11 is 0. The van der Waals surface area contributed by atoms with Crippen molar-refractivity contribution in [3.63, 3.8) is 0 Å². The molecular weight excluding hydrogens is 420 g/mol. The van der Waals surface area contributed by atoms with Gasteiger partial charge in [0.05, 0.1) is 11.8 Å². The molecule has 34 heavy (non-hydrogen) atoms. The van der Waals surface area contributed by atoms with Gasteiger partial charge in [0, 0.05) is 11.8 Å². The van der Waals surface area contributed by atoms with Crippen LogP contribution in [0.5, 0.6) is 5.75 Å². The molecule has 0 aliphatic heterocycles. The first-order valence-corrected chi connectivity index (χ1v) is 13.2. The van der Waals surface area contributed by atoms with Crippen LogP contribution in [0.1, 0.15) is 103 Å². The van der Waals surface area contributed by atoms with E-state index in [1.165, 1.54) is 50.5 Å². The second-order valence-electron chi connectivity index (χ2n) is 9.59. The zero-order valence-corrected chi connectivity index (χ0v) is 21.4. The molecule has 1 aromatic heterocycles. The third-order valence-corrected chi connectivity index (χ3v) is 6.48. The minimum absolute atomic E-state index is 0.458. The zero-order chi connectivity index (χ0) is 24.7. The fraction of sp³-hybridized carbons (Fsp3) is 0.567. The number of nitrogens with zero attached hydrogens (tertiary/aromatic N) is 2. The van der Waals surface area contributed by atoms with Crippen molar-refractivity contribution in [2.45, 2.75) is 104 Å². The number of nitriles is 1. The monoisotopic (exact) mass is 462 g/mol. The summed E-state index contributed by atoms with van der Waals surface area (Å²) in [5, 5.41) is 9.56. The van der Waals surface area contributed by atoms with Gasteiger partial charge >= 0.3 is 5.97 Å². The molecule has 0 fully saturated rings. The maximum absolute atomic E-state index is 12.6. The Bertz CT molecular complexity index is 884. The number of hydrogen-bond donors (Lipinski definition) is 0. The number of pyridine rings is 1. The number of carbonyl (C=O) groups excluding carboxylic acids is 1. The standard InChI is InChI=1S/C30H42N2O2/c1-4-6-8-10-11-12-13-15-25-16-21-28(32-23-25)26-17-19-27(20-18-26)34-29(33)30(3,24-31)22-14-9-7-5-2/h16-21,23H,4-15,22H2,1-3H3.